The average Bonchev–Trinajstić information content (AvgIpc) is 3.22. The molecule has 1 fully saturated rings. The molecular weight excluding hydrogens is 540 g/mol. The van der Waals surface area contributed by atoms with Gasteiger partial charge in [-0.2, -0.15) is 26.3 Å². The van der Waals surface area contributed by atoms with Crippen molar-refractivity contribution in [3.63, 3.8) is 0 Å². The van der Waals surface area contributed by atoms with Gasteiger partial charge in [0, 0.05) is 45.0 Å². The Labute approximate surface area is 220 Å². The van der Waals surface area contributed by atoms with Crippen LogP contribution in [0.25, 0.3) is 0 Å². The van der Waals surface area contributed by atoms with Crippen molar-refractivity contribution in [1.29, 1.82) is 0 Å². The average molecular weight is 572 g/mol. The number of carbonyl (C=O) groups is 3. The zero-order chi connectivity index (χ0) is 29.6. The number of ether oxygens (including phenoxy) is 2. The van der Waals surface area contributed by atoms with Gasteiger partial charge in [-0.25, -0.2) is 14.6 Å². The van der Waals surface area contributed by atoms with E-state index in [0.29, 0.717) is 18.9 Å². The van der Waals surface area contributed by atoms with Crippen LogP contribution in [0.15, 0.2) is 6.20 Å². The van der Waals surface area contributed by atoms with Crippen LogP contribution in [0.4, 0.5) is 35.9 Å². The number of carbonyl (C=O) groups excluding carboxylic acids is 3. The topological polar surface area (TPSA) is 97.2 Å². The van der Waals surface area contributed by atoms with Crippen molar-refractivity contribution in [1.82, 2.24) is 24.3 Å². The third-order valence-corrected chi connectivity index (χ3v) is 6.70. The zero-order valence-electron chi connectivity index (χ0n) is 22.1. The molecule has 0 radical (unpaired) electrons. The van der Waals surface area contributed by atoms with Gasteiger partial charge in [0.25, 0.3) is 12.0 Å². The molecule has 3 rings (SSSR count). The number of likely N-dealkylation sites (tertiary alicyclic amines) is 1. The molecule has 0 spiro atoms. The third-order valence-electron chi connectivity index (χ3n) is 6.70. The molecule has 0 aromatic carbocycles. The molecule has 0 saturated carbocycles. The van der Waals surface area contributed by atoms with E-state index in [2.05, 4.69) is 9.72 Å². The number of piperidine rings is 1. The highest BCUT2D eigenvalue weighted by atomic mass is 19.4. The highest BCUT2D eigenvalue weighted by Gasteiger charge is 2.60. The number of imidazole rings is 1. The summed E-state index contributed by atoms with van der Waals surface area (Å²) in [6.45, 7) is 7.38. The maximum atomic E-state index is 13.2. The van der Waals surface area contributed by atoms with Gasteiger partial charge in [0.2, 0.25) is 0 Å². The van der Waals surface area contributed by atoms with Gasteiger partial charge in [0.05, 0.1) is 6.54 Å². The summed E-state index contributed by atoms with van der Waals surface area (Å²) in [5, 5.41) is 0. The van der Waals surface area contributed by atoms with Crippen molar-refractivity contribution in [2.75, 3.05) is 26.7 Å². The van der Waals surface area contributed by atoms with E-state index in [1.807, 2.05) is 0 Å². The molecule has 2 aliphatic heterocycles. The van der Waals surface area contributed by atoms with Crippen molar-refractivity contribution in [2.45, 2.75) is 83.2 Å². The van der Waals surface area contributed by atoms with Gasteiger partial charge >= 0.3 is 24.5 Å². The maximum absolute atomic E-state index is 13.2. The van der Waals surface area contributed by atoms with Gasteiger partial charge in [-0.15, -0.1) is 0 Å². The molecule has 1 aromatic heterocycles. The second-order valence-electron chi connectivity index (χ2n) is 10.8. The lowest BCUT2D eigenvalue weighted by molar-refractivity contribution is -0.308. The minimum atomic E-state index is -5.81. The Morgan fingerprint density at radius 2 is 1.51 bits per heavy atom. The van der Waals surface area contributed by atoms with Crippen LogP contribution in [0.5, 0.6) is 0 Å². The molecule has 0 bridgehead atoms. The highest BCUT2D eigenvalue weighted by molar-refractivity contribution is 5.92. The molecule has 0 aliphatic carbocycles. The zero-order valence-corrected chi connectivity index (χ0v) is 22.1. The summed E-state index contributed by atoms with van der Waals surface area (Å²) in [5.74, 6) is 0.0175. The largest absolute Gasteiger partial charge is 0.444 e. The van der Waals surface area contributed by atoms with Crippen LogP contribution in [0.2, 0.25) is 0 Å². The van der Waals surface area contributed by atoms with Gasteiger partial charge < -0.3 is 23.8 Å². The monoisotopic (exact) mass is 571 g/mol. The summed E-state index contributed by atoms with van der Waals surface area (Å²) in [6, 6.07) is 0. The number of halogens is 6. The normalized spacial score (nSPS) is 18.1. The van der Waals surface area contributed by atoms with E-state index in [4.69, 9.17) is 4.74 Å². The molecule has 16 heteroatoms. The number of hydrogen-bond donors (Lipinski definition) is 0. The van der Waals surface area contributed by atoms with E-state index in [1.54, 1.807) is 38.5 Å². The quantitative estimate of drug-likeness (QED) is 0.505. The molecule has 1 aromatic rings. The van der Waals surface area contributed by atoms with Crippen molar-refractivity contribution >= 4 is 18.1 Å². The first kappa shape index (κ1) is 30.3. The summed E-state index contributed by atoms with van der Waals surface area (Å²) in [5.41, 5.74) is -1.43. The summed E-state index contributed by atoms with van der Waals surface area (Å²) in [4.78, 5) is 45.7. The van der Waals surface area contributed by atoms with E-state index < -0.39 is 47.7 Å². The smallest absolute Gasteiger partial charge is 0.434 e. The number of hydrogen-bond acceptors (Lipinski definition) is 6. The summed E-state index contributed by atoms with van der Waals surface area (Å²) in [7, 11) is 1.50. The summed E-state index contributed by atoms with van der Waals surface area (Å²) < 4.78 is 87.3. The first-order chi connectivity index (χ1) is 17.7. The Balaban J connectivity index is 1.62. The third kappa shape index (κ3) is 7.06. The Hall–Kier alpha value is -3.20. The predicted octanol–water partition coefficient (Wildman–Crippen LogP) is 4.19. The lowest BCUT2D eigenvalue weighted by Gasteiger charge is -2.44. The van der Waals surface area contributed by atoms with Gasteiger partial charge in [-0.3, -0.25) is 9.69 Å². The first-order valence-corrected chi connectivity index (χ1v) is 12.1. The van der Waals surface area contributed by atoms with Crippen LogP contribution >= 0.6 is 0 Å². The molecular formula is C23H31F6N5O5. The van der Waals surface area contributed by atoms with E-state index >= 15 is 0 Å². The van der Waals surface area contributed by atoms with Gasteiger partial charge in [-0.05, 0) is 40.5 Å². The SMILES string of the molecule is CN(C(=O)c1cn2c(n1)CN(C(=O)OC(C)(C)C)CC2)C1(C)CCN(C(=O)OC(C(F)(F)F)C(F)(F)F)CC1. The van der Waals surface area contributed by atoms with Crippen LogP contribution in [0, 0.1) is 0 Å². The van der Waals surface area contributed by atoms with Crippen LogP contribution in [0.3, 0.4) is 0 Å². The lowest BCUT2D eigenvalue weighted by atomic mass is 9.88. The van der Waals surface area contributed by atoms with Crippen LogP contribution in [-0.4, -0.2) is 98.6 Å². The number of nitrogens with zero attached hydrogens (tertiary/aromatic N) is 5. The molecule has 220 valence electrons. The number of aromatic nitrogens is 2. The molecule has 10 nitrogen and oxygen atoms in total. The van der Waals surface area contributed by atoms with E-state index in [0.717, 1.165) is 4.90 Å². The van der Waals surface area contributed by atoms with E-state index in [-0.39, 0.29) is 38.2 Å². The second kappa shape index (κ2) is 10.4. The second-order valence-corrected chi connectivity index (χ2v) is 10.8. The fraction of sp³-hybridized carbons (Fsp3) is 0.739. The number of rotatable bonds is 3. The molecule has 0 atom stereocenters. The standard InChI is InChI=1S/C23H31F6N5O5/c1-20(2,3)39-19(37)34-11-10-33-12-14(30-15(33)13-34)16(35)31(5)21(4)6-8-32(9-7-21)18(36)38-17(22(24,25)26)23(27,28)29/h12,17H,6-11,13H2,1-5H3. The summed E-state index contributed by atoms with van der Waals surface area (Å²) in [6.07, 6.45) is -16.4. The van der Waals surface area contributed by atoms with Crippen LogP contribution < -0.4 is 0 Å². The van der Waals surface area contributed by atoms with Crippen molar-refractivity contribution in [2.24, 2.45) is 0 Å². The van der Waals surface area contributed by atoms with Crippen molar-refractivity contribution < 1.29 is 50.2 Å². The number of amides is 3. The molecule has 0 N–H and O–H groups in total. The predicted molar refractivity (Wildman–Crippen MR) is 123 cm³/mol. The fourth-order valence-corrected chi connectivity index (χ4v) is 4.26. The van der Waals surface area contributed by atoms with E-state index in [1.165, 1.54) is 16.8 Å². The van der Waals surface area contributed by atoms with Crippen LogP contribution in [0.1, 0.15) is 56.8 Å². The maximum Gasteiger partial charge on any atom is 0.434 e. The van der Waals surface area contributed by atoms with Crippen molar-refractivity contribution in [3.05, 3.63) is 17.7 Å². The minimum Gasteiger partial charge on any atom is -0.444 e. The van der Waals surface area contributed by atoms with Gasteiger partial charge in [-0.1, -0.05) is 0 Å². The Morgan fingerprint density at radius 3 is 2.03 bits per heavy atom. The van der Waals surface area contributed by atoms with Crippen LogP contribution in [-0.2, 0) is 22.6 Å². The Kier molecular flexibility index (Phi) is 8.10. The van der Waals surface area contributed by atoms with Gasteiger partial charge in [0.1, 0.15) is 17.1 Å². The molecule has 39 heavy (non-hydrogen) atoms. The lowest BCUT2D eigenvalue weighted by Crippen LogP contribution is -2.56. The molecule has 0 unspecified atom stereocenters. The fourth-order valence-electron chi connectivity index (χ4n) is 4.26. The number of fused-ring (bicyclic) bond motifs is 1. The Bertz CT molecular complexity index is 1070. The molecule has 3 amide bonds. The number of alkyl halides is 6. The molecule has 2 aliphatic rings. The highest BCUT2D eigenvalue weighted by Crippen LogP contribution is 2.37. The summed E-state index contributed by atoms with van der Waals surface area (Å²) >= 11 is 0. The Morgan fingerprint density at radius 1 is 0.949 bits per heavy atom. The molecule has 3 heterocycles. The van der Waals surface area contributed by atoms with E-state index in [9.17, 15) is 40.7 Å². The van der Waals surface area contributed by atoms with Gasteiger partial charge in [0.15, 0.2) is 0 Å². The van der Waals surface area contributed by atoms with Crippen molar-refractivity contribution in [3.8, 4) is 0 Å². The molecule has 1 saturated heterocycles. The first-order valence-electron chi connectivity index (χ1n) is 12.1. The minimum absolute atomic E-state index is 0.0764.